The highest BCUT2D eigenvalue weighted by molar-refractivity contribution is 5.92. The van der Waals surface area contributed by atoms with Gasteiger partial charge in [0, 0.05) is 17.7 Å². The maximum absolute atomic E-state index is 14.2. The first-order chi connectivity index (χ1) is 10.8. The molecule has 0 aromatic heterocycles. The molecule has 0 unspecified atom stereocenters. The van der Waals surface area contributed by atoms with E-state index in [2.05, 4.69) is 4.74 Å². The van der Waals surface area contributed by atoms with Crippen molar-refractivity contribution in [1.82, 2.24) is 0 Å². The fraction of sp³-hybridized carbons (Fsp3) is 0.0667. The SMILES string of the molecule is COC(=O)c1ccc(-c2cc(C(=O)O)cc([N+](=O)[O-])c2)c(F)c1. The van der Waals surface area contributed by atoms with Gasteiger partial charge in [-0.2, -0.15) is 0 Å². The average molecular weight is 319 g/mol. The van der Waals surface area contributed by atoms with E-state index in [0.717, 1.165) is 31.4 Å². The van der Waals surface area contributed by atoms with Crippen LogP contribution in [0.15, 0.2) is 36.4 Å². The van der Waals surface area contributed by atoms with Crippen LogP contribution in [0.3, 0.4) is 0 Å². The average Bonchev–Trinajstić information content (AvgIpc) is 2.53. The van der Waals surface area contributed by atoms with Crippen molar-refractivity contribution >= 4 is 17.6 Å². The Balaban J connectivity index is 2.59. The third-order valence-corrected chi connectivity index (χ3v) is 3.08. The number of carbonyl (C=O) groups is 2. The second-order valence-corrected chi connectivity index (χ2v) is 4.52. The van der Waals surface area contributed by atoms with Crippen LogP contribution in [0.2, 0.25) is 0 Å². The number of carboxylic acids is 1. The second kappa shape index (κ2) is 6.22. The van der Waals surface area contributed by atoms with Gasteiger partial charge in [0.05, 0.1) is 23.2 Å². The van der Waals surface area contributed by atoms with Crippen LogP contribution in [0.5, 0.6) is 0 Å². The molecule has 0 heterocycles. The highest BCUT2D eigenvalue weighted by Gasteiger charge is 2.17. The van der Waals surface area contributed by atoms with Crippen molar-refractivity contribution < 1.29 is 28.7 Å². The Bertz CT molecular complexity index is 785. The monoisotopic (exact) mass is 319 g/mol. The predicted molar refractivity (Wildman–Crippen MR) is 76.8 cm³/mol. The first-order valence-electron chi connectivity index (χ1n) is 6.24. The molecule has 23 heavy (non-hydrogen) atoms. The number of nitrogens with zero attached hydrogens (tertiary/aromatic N) is 1. The summed E-state index contributed by atoms with van der Waals surface area (Å²) in [4.78, 5) is 32.5. The number of methoxy groups -OCH3 is 1. The first-order valence-corrected chi connectivity index (χ1v) is 6.24. The highest BCUT2D eigenvalue weighted by Crippen LogP contribution is 2.29. The van der Waals surface area contributed by atoms with Crippen molar-refractivity contribution in [3.05, 3.63) is 63.5 Å². The molecule has 0 saturated heterocycles. The number of carbonyl (C=O) groups excluding carboxylic acids is 1. The maximum atomic E-state index is 14.2. The van der Waals surface area contributed by atoms with Crippen molar-refractivity contribution in [2.75, 3.05) is 7.11 Å². The smallest absolute Gasteiger partial charge is 0.337 e. The maximum Gasteiger partial charge on any atom is 0.337 e. The second-order valence-electron chi connectivity index (χ2n) is 4.52. The minimum absolute atomic E-state index is 0.0190. The molecule has 0 radical (unpaired) electrons. The Hall–Kier alpha value is -3.29. The minimum Gasteiger partial charge on any atom is -0.478 e. The van der Waals surface area contributed by atoms with Crippen LogP contribution in [0.1, 0.15) is 20.7 Å². The van der Waals surface area contributed by atoms with Crippen LogP contribution in [0.4, 0.5) is 10.1 Å². The molecule has 0 amide bonds. The van der Waals surface area contributed by atoms with Crippen LogP contribution < -0.4 is 0 Å². The van der Waals surface area contributed by atoms with Crippen molar-refractivity contribution in [1.29, 1.82) is 0 Å². The fourth-order valence-corrected chi connectivity index (χ4v) is 1.99. The summed E-state index contributed by atoms with van der Waals surface area (Å²) in [5.74, 6) is -2.94. The number of benzene rings is 2. The Morgan fingerprint density at radius 1 is 1.17 bits per heavy atom. The molecule has 0 bridgehead atoms. The van der Waals surface area contributed by atoms with E-state index in [1.54, 1.807) is 0 Å². The van der Waals surface area contributed by atoms with Crippen molar-refractivity contribution in [3.63, 3.8) is 0 Å². The van der Waals surface area contributed by atoms with Crippen molar-refractivity contribution in [2.24, 2.45) is 0 Å². The Kier molecular flexibility index (Phi) is 4.35. The summed E-state index contributed by atoms with van der Waals surface area (Å²) in [6.07, 6.45) is 0. The number of hydrogen-bond donors (Lipinski definition) is 1. The number of rotatable bonds is 4. The van der Waals surface area contributed by atoms with Gasteiger partial charge in [0.25, 0.3) is 5.69 Å². The van der Waals surface area contributed by atoms with Gasteiger partial charge in [-0.15, -0.1) is 0 Å². The van der Waals surface area contributed by atoms with E-state index in [4.69, 9.17) is 5.11 Å². The minimum atomic E-state index is -1.37. The molecule has 1 N–H and O–H groups in total. The van der Waals surface area contributed by atoms with Gasteiger partial charge in [0.15, 0.2) is 0 Å². The number of nitro benzene ring substituents is 1. The summed E-state index contributed by atoms with van der Waals surface area (Å²) in [6, 6.07) is 6.48. The molecular formula is C15H10FNO6. The molecule has 118 valence electrons. The highest BCUT2D eigenvalue weighted by atomic mass is 19.1. The normalized spacial score (nSPS) is 10.2. The number of esters is 1. The van der Waals surface area contributed by atoms with E-state index >= 15 is 0 Å². The van der Waals surface area contributed by atoms with E-state index in [0.29, 0.717) is 0 Å². The van der Waals surface area contributed by atoms with Crippen LogP contribution >= 0.6 is 0 Å². The van der Waals surface area contributed by atoms with Crippen LogP contribution in [0, 0.1) is 15.9 Å². The molecule has 2 aromatic rings. The molecule has 0 aliphatic heterocycles. The molecule has 2 aromatic carbocycles. The summed E-state index contributed by atoms with van der Waals surface area (Å²) < 4.78 is 18.6. The summed E-state index contributed by atoms with van der Waals surface area (Å²) in [5.41, 5.74) is -0.894. The van der Waals surface area contributed by atoms with Gasteiger partial charge < -0.3 is 9.84 Å². The van der Waals surface area contributed by atoms with Gasteiger partial charge in [-0.05, 0) is 23.8 Å². The first kappa shape index (κ1) is 16.1. The van der Waals surface area contributed by atoms with Crippen LogP contribution in [-0.2, 0) is 4.74 Å². The van der Waals surface area contributed by atoms with Crippen molar-refractivity contribution in [2.45, 2.75) is 0 Å². The zero-order valence-corrected chi connectivity index (χ0v) is 11.8. The Morgan fingerprint density at radius 2 is 1.87 bits per heavy atom. The van der Waals surface area contributed by atoms with Gasteiger partial charge in [0.2, 0.25) is 0 Å². The van der Waals surface area contributed by atoms with E-state index in [1.807, 2.05) is 0 Å². The molecule has 0 aliphatic rings. The number of carboxylic acid groups (broad SMARTS) is 1. The zero-order chi connectivity index (χ0) is 17.1. The number of ether oxygens (including phenoxy) is 1. The molecule has 0 fully saturated rings. The molecule has 0 atom stereocenters. The molecule has 0 saturated carbocycles. The number of halogens is 1. The number of non-ortho nitro benzene ring substituents is 1. The molecule has 0 spiro atoms. The Morgan fingerprint density at radius 3 is 2.39 bits per heavy atom. The van der Waals surface area contributed by atoms with E-state index in [-0.39, 0.29) is 22.3 Å². The summed E-state index contributed by atoms with van der Waals surface area (Å²) in [5, 5.41) is 19.9. The molecular weight excluding hydrogens is 309 g/mol. The lowest BCUT2D eigenvalue weighted by molar-refractivity contribution is -0.384. The summed E-state index contributed by atoms with van der Waals surface area (Å²) >= 11 is 0. The third-order valence-electron chi connectivity index (χ3n) is 3.08. The van der Waals surface area contributed by atoms with Gasteiger partial charge in [0.1, 0.15) is 5.82 Å². The lowest BCUT2D eigenvalue weighted by atomic mass is 10.00. The van der Waals surface area contributed by atoms with Gasteiger partial charge in [-0.1, -0.05) is 6.07 Å². The lowest BCUT2D eigenvalue weighted by Gasteiger charge is -2.07. The largest absolute Gasteiger partial charge is 0.478 e. The number of aromatic carboxylic acids is 1. The Labute approximate surface area is 129 Å². The van der Waals surface area contributed by atoms with Crippen LogP contribution in [-0.4, -0.2) is 29.1 Å². The van der Waals surface area contributed by atoms with Gasteiger partial charge in [-0.25, -0.2) is 14.0 Å². The topological polar surface area (TPSA) is 107 Å². The summed E-state index contributed by atoms with van der Waals surface area (Å²) in [7, 11) is 1.15. The van der Waals surface area contributed by atoms with Crippen molar-refractivity contribution in [3.8, 4) is 11.1 Å². The van der Waals surface area contributed by atoms with Crippen LogP contribution in [0.25, 0.3) is 11.1 Å². The van der Waals surface area contributed by atoms with E-state index in [1.165, 1.54) is 12.1 Å². The zero-order valence-electron chi connectivity index (χ0n) is 11.8. The standard InChI is InChI=1S/C15H10FNO6/c1-23-15(20)8-2-3-12(13(16)7-8)9-4-10(14(18)19)6-11(5-9)17(21)22/h2-7H,1H3,(H,18,19). The molecule has 8 heteroatoms. The van der Waals surface area contributed by atoms with E-state index in [9.17, 15) is 24.1 Å². The fourth-order valence-electron chi connectivity index (χ4n) is 1.99. The third kappa shape index (κ3) is 3.31. The van der Waals surface area contributed by atoms with Gasteiger partial charge >= 0.3 is 11.9 Å². The van der Waals surface area contributed by atoms with E-state index < -0.39 is 28.4 Å². The number of nitro groups is 1. The molecule has 2 rings (SSSR count). The lowest BCUT2D eigenvalue weighted by Crippen LogP contribution is -2.03. The number of hydrogen-bond acceptors (Lipinski definition) is 5. The predicted octanol–water partition coefficient (Wildman–Crippen LogP) is 2.89. The quantitative estimate of drug-likeness (QED) is 0.527. The van der Waals surface area contributed by atoms with Gasteiger partial charge in [-0.3, -0.25) is 10.1 Å². The summed E-state index contributed by atoms with van der Waals surface area (Å²) in [6.45, 7) is 0. The molecule has 0 aliphatic carbocycles. The molecule has 7 nitrogen and oxygen atoms in total.